The van der Waals surface area contributed by atoms with Gasteiger partial charge in [-0.1, -0.05) is 35.9 Å². The minimum atomic E-state index is -0.699. The Morgan fingerprint density at radius 1 is 1.10 bits per heavy atom. The fourth-order valence-electron chi connectivity index (χ4n) is 1.74. The number of para-hydroxylation sites is 1. The minimum Gasteiger partial charge on any atom is -0.322 e. The van der Waals surface area contributed by atoms with E-state index < -0.39 is 6.04 Å². The molecule has 0 aliphatic carbocycles. The Morgan fingerprint density at radius 3 is 2.20 bits per heavy atom. The van der Waals surface area contributed by atoms with E-state index in [9.17, 15) is 4.79 Å². The van der Waals surface area contributed by atoms with Crippen molar-refractivity contribution in [3.05, 3.63) is 62.5 Å². The monoisotopic (exact) mass is 396 g/mol. The summed E-state index contributed by atoms with van der Waals surface area (Å²) in [4.78, 5) is 12.2. The second-order valence-electron chi connectivity index (χ2n) is 4.47. The smallest absolute Gasteiger partial charge is 0.245 e. The fourth-order valence-corrected chi connectivity index (χ4v) is 2.94. The van der Waals surface area contributed by atoms with Crippen LogP contribution >= 0.6 is 31.9 Å². The van der Waals surface area contributed by atoms with Crippen molar-refractivity contribution in [2.75, 3.05) is 5.32 Å². The van der Waals surface area contributed by atoms with Crippen molar-refractivity contribution >= 4 is 43.5 Å². The molecule has 1 atom stereocenters. The third-order valence-electron chi connectivity index (χ3n) is 2.93. The lowest BCUT2D eigenvalue weighted by atomic mass is 10.1. The van der Waals surface area contributed by atoms with Gasteiger partial charge in [-0.3, -0.25) is 4.79 Å². The second-order valence-corrected chi connectivity index (χ2v) is 6.18. The van der Waals surface area contributed by atoms with Crippen LogP contribution in [0.3, 0.4) is 0 Å². The van der Waals surface area contributed by atoms with E-state index in [1.807, 2.05) is 49.4 Å². The Kier molecular flexibility index (Phi) is 4.96. The summed E-state index contributed by atoms with van der Waals surface area (Å²) in [6, 6.07) is 12.5. The number of hydrogen-bond acceptors (Lipinski definition) is 2. The molecule has 0 bridgehead atoms. The molecule has 0 aromatic heterocycles. The van der Waals surface area contributed by atoms with Gasteiger partial charge in [-0.25, -0.2) is 0 Å². The quantitative estimate of drug-likeness (QED) is 0.816. The van der Waals surface area contributed by atoms with Crippen LogP contribution in [0.1, 0.15) is 17.2 Å². The molecule has 2 aromatic carbocycles. The van der Waals surface area contributed by atoms with E-state index in [1.165, 1.54) is 0 Å². The Bertz CT molecular complexity index is 606. The number of nitrogens with two attached hydrogens (primary N) is 1. The number of anilines is 1. The fraction of sp³-hybridized carbons (Fsp3) is 0.133. The van der Waals surface area contributed by atoms with E-state index in [0.717, 1.165) is 20.1 Å². The van der Waals surface area contributed by atoms with Gasteiger partial charge in [0.2, 0.25) is 5.91 Å². The average molecular weight is 398 g/mol. The van der Waals surface area contributed by atoms with Crippen LogP contribution < -0.4 is 11.1 Å². The first-order chi connectivity index (χ1) is 9.49. The van der Waals surface area contributed by atoms with Gasteiger partial charge in [0.1, 0.15) is 6.04 Å². The number of benzene rings is 2. The number of halogens is 2. The van der Waals surface area contributed by atoms with Crippen molar-refractivity contribution in [2.45, 2.75) is 13.0 Å². The van der Waals surface area contributed by atoms with Gasteiger partial charge < -0.3 is 11.1 Å². The molecule has 3 N–H and O–H groups in total. The van der Waals surface area contributed by atoms with Crippen molar-refractivity contribution in [1.29, 1.82) is 0 Å². The number of nitrogens with one attached hydrogen (secondary N) is 1. The molecule has 0 heterocycles. The second kappa shape index (κ2) is 6.52. The van der Waals surface area contributed by atoms with Gasteiger partial charge in [0.25, 0.3) is 0 Å². The summed E-state index contributed by atoms with van der Waals surface area (Å²) in [5.41, 5.74) is 8.60. The summed E-state index contributed by atoms with van der Waals surface area (Å²) in [5.74, 6) is -0.249. The predicted molar refractivity (Wildman–Crippen MR) is 88.6 cm³/mol. The molecule has 2 aromatic rings. The van der Waals surface area contributed by atoms with Crippen molar-refractivity contribution in [3.8, 4) is 0 Å². The maximum Gasteiger partial charge on any atom is 0.245 e. The van der Waals surface area contributed by atoms with Crippen LogP contribution in [0.15, 0.2) is 51.4 Å². The molecular weight excluding hydrogens is 384 g/mol. The molecule has 3 nitrogen and oxygen atoms in total. The number of carbonyl (C=O) groups excluding carboxylic acids is 1. The molecule has 5 heteroatoms. The average Bonchev–Trinajstić information content (AvgIpc) is 2.43. The number of aryl methyl sites for hydroxylation is 1. The zero-order valence-electron chi connectivity index (χ0n) is 10.9. The Morgan fingerprint density at radius 2 is 1.65 bits per heavy atom. The highest BCUT2D eigenvalue weighted by atomic mass is 79.9. The molecule has 0 saturated carbocycles. The lowest BCUT2D eigenvalue weighted by Gasteiger charge is -2.15. The topological polar surface area (TPSA) is 55.1 Å². The number of rotatable bonds is 3. The molecule has 0 radical (unpaired) electrons. The molecule has 2 rings (SSSR count). The SMILES string of the molecule is Cc1ccc(C(N)C(=O)Nc2c(Br)cccc2Br)cc1. The van der Waals surface area contributed by atoms with Gasteiger partial charge in [-0.15, -0.1) is 0 Å². The lowest BCUT2D eigenvalue weighted by molar-refractivity contribution is -0.117. The Labute approximate surface area is 134 Å². The first-order valence-corrected chi connectivity index (χ1v) is 7.64. The number of amides is 1. The van der Waals surface area contributed by atoms with Crippen molar-refractivity contribution in [1.82, 2.24) is 0 Å². The summed E-state index contributed by atoms with van der Waals surface area (Å²) in [7, 11) is 0. The highest BCUT2D eigenvalue weighted by Crippen LogP contribution is 2.31. The maximum absolute atomic E-state index is 12.2. The van der Waals surface area contributed by atoms with Gasteiger partial charge in [0.15, 0.2) is 0 Å². The summed E-state index contributed by atoms with van der Waals surface area (Å²) >= 11 is 6.81. The molecule has 0 aliphatic heterocycles. The first-order valence-electron chi connectivity index (χ1n) is 6.06. The van der Waals surface area contributed by atoms with E-state index in [4.69, 9.17) is 5.73 Å². The summed E-state index contributed by atoms with van der Waals surface area (Å²) in [6.07, 6.45) is 0. The molecule has 0 aliphatic rings. The van der Waals surface area contributed by atoms with Crippen molar-refractivity contribution < 1.29 is 4.79 Å². The maximum atomic E-state index is 12.2. The van der Waals surface area contributed by atoms with E-state index in [-0.39, 0.29) is 5.91 Å². The van der Waals surface area contributed by atoms with E-state index in [0.29, 0.717) is 5.69 Å². The van der Waals surface area contributed by atoms with Crippen LogP contribution in [0.25, 0.3) is 0 Å². The van der Waals surface area contributed by atoms with Gasteiger partial charge in [-0.2, -0.15) is 0 Å². The van der Waals surface area contributed by atoms with Gasteiger partial charge in [-0.05, 0) is 56.5 Å². The van der Waals surface area contributed by atoms with Crippen LogP contribution in [0.2, 0.25) is 0 Å². The zero-order chi connectivity index (χ0) is 14.7. The summed E-state index contributed by atoms with van der Waals surface area (Å²) in [6.45, 7) is 1.99. The van der Waals surface area contributed by atoms with Crippen LogP contribution in [0.5, 0.6) is 0 Å². The molecule has 1 unspecified atom stereocenters. The van der Waals surface area contributed by atoms with Crippen molar-refractivity contribution in [2.24, 2.45) is 5.73 Å². The molecule has 104 valence electrons. The van der Waals surface area contributed by atoms with Crippen LogP contribution in [-0.2, 0) is 4.79 Å². The number of hydrogen-bond donors (Lipinski definition) is 2. The van der Waals surface area contributed by atoms with Gasteiger partial charge in [0.05, 0.1) is 5.69 Å². The zero-order valence-corrected chi connectivity index (χ0v) is 14.0. The van der Waals surface area contributed by atoms with E-state index >= 15 is 0 Å². The third kappa shape index (κ3) is 3.48. The minimum absolute atomic E-state index is 0.249. The standard InChI is InChI=1S/C15H14Br2N2O/c1-9-5-7-10(8-6-9)13(18)15(20)19-14-11(16)3-2-4-12(14)17/h2-8,13H,18H2,1H3,(H,19,20). The normalized spacial score (nSPS) is 12.0. The molecule has 0 spiro atoms. The third-order valence-corrected chi connectivity index (χ3v) is 4.25. The first kappa shape index (κ1) is 15.2. The summed E-state index contributed by atoms with van der Waals surface area (Å²) < 4.78 is 1.60. The highest BCUT2D eigenvalue weighted by molar-refractivity contribution is 9.11. The van der Waals surface area contributed by atoms with Crippen LogP contribution in [0, 0.1) is 6.92 Å². The molecule has 0 fully saturated rings. The molecule has 0 saturated heterocycles. The van der Waals surface area contributed by atoms with E-state index in [2.05, 4.69) is 37.2 Å². The van der Waals surface area contributed by atoms with Gasteiger partial charge in [0, 0.05) is 8.95 Å². The number of carbonyl (C=O) groups is 1. The Hall–Kier alpha value is -1.17. The molecule has 20 heavy (non-hydrogen) atoms. The summed E-state index contributed by atoms with van der Waals surface area (Å²) in [5, 5.41) is 2.83. The molecule has 1 amide bonds. The van der Waals surface area contributed by atoms with Crippen LogP contribution in [0.4, 0.5) is 5.69 Å². The Balaban J connectivity index is 2.18. The van der Waals surface area contributed by atoms with E-state index in [1.54, 1.807) is 0 Å². The van der Waals surface area contributed by atoms with Crippen molar-refractivity contribution in [3.63, 3.8) is 0 Å². The predicted octanol–water partition coefficient (Wildman–Crippen LogP) is 4.16. The lowest BCUT2D eigenvalue weighted by Crippen LogP contribution is -2.28. The van der Waals surface area contributed by atoms with Gasteiger partial charge >= 0.3 is 0 Å². The largest absolute Gasteiger partial charge is 0.322 e. The highest BCUT2D eigenvalue weighted by Gasteiger charge is 2.17. The molecular formula is C15H14Br2N2O. The van der Waals surface area contributed by atoms with Crippen LogP contribution in [-0.4, -0.2) is 5.91 Å².